The first-order chi connectivity index (χ1) is 13.7. The molecule has 6 nitrogen and oxygen atoms in total. The summed E-state index contributed by atoms with van der Waals surface area (Å²) in [5, 5.41) is 21.3. The third-order valence-corrected chi connectivity index (χ3v) is 4.54. The lowest BCUT2D eigenvalue weighted by Gasteiger charge is -2.08. The van der Waals surface area contributed by atoms with Crippen LogP contribution in [0.4, 0.5) is 13.2 Å². The van der Waals surface area contributed by atoms with Crippen molar-refractivity contribution in [2.75, 3.05) is 13.2 Å². The predicted molar refractivity (Wildman–Crippen MR) is 98.2 cm³/mol. The quantitative estimate of drug-likeness (QED) is 0.607. The molecule has 0 aliphatic heterocycles. The van der Waals surface area contributed by atoms with E-state index in [0.717, 1.165) is 34.9 Å². The molecule has 3 N–H and O–H groups in total. The van der Waals surface area contributed by atoms with Crippen LogP contribution in [0.5, 0.6) is 5.75 Å². The number of hydrogen-bond donors (Lipinski definition) is 3. The maximum absolute atomic E-state index is 14.0. The molecule has 1 aromatic heterocycles. The van der Waals surface area contributed by atoms with E-state index in [1.807, 2.05) is 0 Å². The maximum atomic E-state index is 14.0. The van der Waals surface area contributed by atoms with E-state index < -0.39 is 35.0 Å². The van der Waals surface area contributed by atoms with Gasteiger partial charge in [-0.15, -0.1) is 0 Å². The Morgan fingerprint density at radius 2 is 1.79 bits per heavy atom. The third kappa shape index (κ3) is 3.81. The van der Waals surface area contributed by atoms with Crippen LogP contribution in [0.15, 0.2) is 30.3 Å². The van der Waals surface area contributed by atoms with Gasteiger partial charge in [0.2, 0.25) is 5.91 Å². The molecule has 0 atom stereocenters. The SMILES string of the molecule is Cc1c(CC(=O)NCCO)c2cc(O)c(F)cc2n1C(=O)c1ccc(F)c(F)c1. The molecule has 3 aromatic rings. The smallest absolute Gasteiger partial charge is 0.262 e. The summed E-state index contributed by atoms with van der Waals surface area (Å²) in [4.78, 5) is 25.1. The number of rotatable bonds is 5. The Labute approximate surface area is 163 Å². The van der Waals surface area contributed by atoms with Gasteiger partial charge in [-0.25, -0.2) is 13.2 Å². The molecule has 0 radical (unpaired) electrons. The Kier molecular flexibility index (Phi) is 5.60. The highest BCUT2D eigenvalue weighted by molar-refractivity contribution is 6.05. The van der Waals surface area contributed by atoms with Crippen LogP contribution in [0.2, 0.25) is 0 Å². The Morgan fingerprint density at radius 3 is 2.45 bits per heavy atom. The zero-order valence-corrected chi connectivity index (χ0v) is 15.3. The van der Waals surface area contributed by atoms with Gasteiger partial charge in [0.1, 0.15) is 0 Å². The van der Waals surface area contributed by atoms with E-state index in [9.17, 15) is 27.9 Å². The number of aromatic nitrogens is 1. The summed E-state index contributed by atoms with van der Waals surface area (Å²) in [6.07, 6.45) is -0.203. The number of hydrogen-bond acceptors (Lipinski definition) is 4. The van der Waals surface area contributed by atoms with Gasteiger partial charge in [-0.1, -0.05) is 0 Å². The fraction of sp³-hybridized carbons (Fsp3) is 0.200. The first-order valence-corrected chi connectivity index (χ1v) is 8.64. The predicted octanol–water partition coefficient (Wildman–Crippen LogP) is 2.41. The fourth-order valence-electron chi connectivity index (χ4n) is 3.15. The molecule has 1 heterocycles. The molecule has 0 saturated carbocycles. The van der Waals surface area contributed by atoms with Gasteiger partial charge in [0.15, 0.2) is 23.2 Å². The van der Waals surface area contributed by atoms with Gasteiger partial charge >= 0.3 is 0 Å². The molecule has 152 valence electrons. The number of carbonyl (C=O) groups excluding carboxylic acids is 2. The van der Waals surface area contributed by atoms with Gasteiger partial charge in [0.05, 0.1) is 18.5 Å². The van der Waals surface area contributed by atoms with Crippen LogP contribution in [0.25, 0.3) is 10.9 Å². The first-order valence-electron chi connectivity index (χ1n) is 8.64. The minimum Gasteiger partial charge on any atom is -0.505 e. The molecule has 0 spiro atoms. The number of carbonyl (C=O) groups is 2. The number of benzene rings is 2. The number of phenolic OH excluding ortho intramolecular Hbond substituents is 1. The summed E-state index contributed by atoms with van der Waals surface area (Å²) >= 11 is 0. The minimum absolute atomic E-state index is 0.0319. The number of aliphatic hydroxyl groups is 1. The molecular weight excluding hydrogens is 389 g/mol. The van der Waals surface area contributed by atoms with Crippen LogP contribution >= 0.6 is 0 Å². The van der Waals surface area contributed by atoms with Crippen LogP contribution in [0.3, 0.4) is 0 Å². The Balaban J connectivity index is 2.17. The monoisotopic (exact) mass is 406 g/mol. The number of halogens is 3. The zero-order valence-electron chi connectivity index (χ0n) is 15.3. The second-order valence-electron chi connectivity index (χ2n) is 6.40. The highest BCUT2D eigenvalue weighted by atomic mass is 19.2. The van der Waals surface area contributed by atoms with Crippen LogP contribution in [0, 0.1) is 24.4 Å². The van der Waals surface area contributed by atoms with E-state index in [4.69, 9.17) is 5.11 Å². The van der Waals surface area contributed by atoms with Crippen molar-refractivity contribution in [3.8, 4) is 5.75 Å². The van der Waals surface area contributed by atoms with Gasteiger partial charge in [-0.3, -0.25) is 14.2 Å². The highest BCUT2D eigenvalue weighted by Gasteiger charge is 2.23. The molecule has 3 rings (SSSR count). The number of aromatic hydroxyl groups is 1. The van der Waals surface area contributed by atoms with Crippen LogP contribution in [-0.4, -0.2) is 39.7 Å². The topological polar surface area (TPSA) is 91.6 Å². The molecular formula is C20H17F3N2O4. The van der Waals surface area contributed by atoms with Crippen molar-refractivity contribution in [1.82, 2.24) is 9.88 Å². The molecule has 0 aliphatic carbocycles. The summed E-state index contributed by atoms with van der Waals surface area (Å²) in [5.74, 6) is -5.17. The summed E-state index contributed by atoms with van der Waals surface area (Å²) in [7, 11) is 0. The summed E-state index contributed by atoms with van der Waals surface area (Å²) in [5.41, 5.74) is 0.520. The Bertz CT molecular complexity index is 1120. The normalized spacial score (nSPS) is 11.1. The summed E-state index contributed by atoms with van der Waals surface area (Å²) < 4.78 is 41.9. The second-order valence-corrected chi connectivity index (χ2v) is 6.40. The number of amides is 1. The van der Waals surface area contributed by atoms with E-state index in [2.05, 4.69) is 5.32 Å². The Morgan fingerprint density at radius 1 is 1.07 bits per heavy atom. The number of phenols is 1. The van der Waals surface area contributed by atoms with Crippen LogP contribution in [-0.2, 0) is 11.2 Å². The van der Waals surface area contributed by atoms with Gasteiger partial charge < -0.3 is 15.5 Å². The largest absolute Gasteiger partial charge is 0.505 e. The van der Waals surface area contributed by atoms with Gasteiger partial charge in [0, 0.05) is 29.3 Å². The van der Waals surface area contributed by atoms with E-state index >= 15 is 0 Å². The fourth-order valence-corrected chi connectivity index (χ4v) is 3.15. The third-order valence-electron chi connectivity index (χ3n) is 4.54. The van der Waals surface area contributed by atoms with Crippen molar-refractivity contribution in [2.24, 2.45) is 0 Å². The molecule has 2 aromatic carbocycles. The molecule has 0 bridgehead atoms. The lowest BCUT2D eigenvalue weighted by Crippen LogP contribution is -2.28. The first kappa shape index (κ1) is 20.4. The average Bonchev–Trinajstić information content (AvgIpc) is 2.93. The van der Waals surface area contributed by atoms with Gasteiger partial charge in [-0.05, 0) is 36.8 Å². The van der Waals surface area contributed by atoms with Crippen molar-refractivity contribution in [2.45, 2.75) is 13.3 Å². The van der Waals surface area contributed by atoms with Gasteiger partial charge in [0.25, 0.3) is 5.91 Å². The molecule has 1 amide bonds. The van der Waals surface area contributed by atoms with E-state index in [1.54, 1.807) is 0 Å². The van der Waals surface area contributed by atoms with E-state index in [-0.39, 0.29) is 41.7 Å². The summed E-state index contributed by atoms with van der Waals surface area (Å²) in [6.45, 7) is 1.29. The zero-order chi connectivity index (χ0) is 21.3. The molecule has 0 unspecified atom stereocenters. The lowest BCUT2D eigenvalue weighted by atomic mass is 10.1. The van der Waals surface area contributed by atoms with Crippen molar-refractivity contribution < 1.29 is 33.0 Å². The standard InChI is InChI=1S/C20H17F3N2O4/c1-10-12(8-19(28)24-4-5-26)13-7-18(27)16(23)9-17(13)25(10)20(29)11-2-3-14(21)15(22)6-11/h2-3,6-7,9,26-27H,4-5,8H2,1H3,(H,24,28). The van der Waals surface area contributed by atoms with Gasteiger partial charge in [-0.2, -0.15) is 0 Å². The number of aliphatic hydroxyl groups excluding tert-OH is 1. The maximum Gasteiger partial charge on any atom is 0.262 e. The van der Waals surface area contributed by atoms with Crippen LogP contribution < -0.4 is 5.32 Å². The highest BCUT2D eigenvalue weighted by Crippen LogP contribution is 2.32. The van der Waals surface area contributed by atoms with Crippen molar-refractivity contribution in [1.29, 1.82) is 0 Å². The summed E-state index contributed by atoms with van der Waals surface area (Å²) in [6, 6.07) is 4.66. The van der Waals surface area contributed by atoms with E-state index in [1.165, 1.54) is 6.92 Å². The average molecular weight is 406 g/mol. The molecule has 9 heteroatoms. The van der Waals surface area contributed by atoms with Crippen LogP contribution in [0.1, 0.15) is 21.6 Å². The number of nitrogens with zero attached hydrogens (tertiary/aromatic N) is 1. The number of nitrogens with one attached hydrogen (secondary N) is 1. The van der Waals surface area contributed by atoms with Crippen molar-refractivity contribution in [3.05, 3.63) is 64.6 Å². The van der Waals surface area contributed by atoms with Crippen molar-refractivity contribution in [3.63, 3.8) is 0 Å². The molecule has 0 saturated heterocycles. The second kappa shape index (κ2) is 7.96. The molecule has 0 aliphatic rings. The van der Waals surface area contributed by atoms with Crippen molar-refractivity contribution >= 4 is 22.7 Å². The molecule has 29 heavy (non-hydrogen) atoms. The number of fused-ring (bicyclic) bond motifs is 1. The lowest BCUT2D eigenvalue weighted by molar-refractivity contribution is -0.120. The van der Waals surface area contributed by atoms with E-state index in [0.29, 0.717) is 5.56 Å². The minimum atomic E-state index is -1.21. The Hall–Kier alpha value is -3.33. The molecule has 0 fully saturated rings.